The van der Waals surface area contributed by atoms with Crippen molar-refractivity contribution in [3.63, 3.8) is 0 Å². The fraction of sp³-hybridized carbons (Fsp3) is 0.692. The van der Waals surface area contributed by atoms with Crippen molar-refractivity contribution in [2.24, 2.45) is 11.8 Å². The van der Waals surface area contributed by atoms with Gasteiger partial charge in [-0.1, -0.05) is 13.8 Å². The number of aliphatic carboxylic acids is 1. The van der Waals surface area contributed by atoms with Crippen molar-refractivity contribution in [2.75, 3.05) is 13.1 Å². The Labute approximate surface area is 108 Å². The molecule has 1 saturated heterocycles. The fourth-order valence-electron chi connectivity index (χ4n) is 1.90. The number of nitrogens with one attached hydrogen (secondary N) is 1. The molecule has 100 valence electrons. The first-order valence-electron chi connectivity index (χ1n) is 6.21. The van der Waals surface area contributed by atoms with Crippen LogP contribution in [0.2, 0.25) is 0 Å². The number of carboxylic acid groups (broad SMARTS) is 1. The summed E-state index contributed by atoms with van der Waals surface area (Å²) in [7, 11) is 0. The molecule has 5 nitrogen and oxygen atoms in total. The van der Waals surface area contributed by atoms with Crippen LogP contribution in [-0.4, -0.2) is 41.1 Å². The second-order valence-corrected chi connectivity index (χ2v) is 4.75. The van der Waals surface area contributed by atoms with Crippen LogP contribution in [0.5, 0.6) is 0 Å². The number of amides is 2. The summed E-state index contributed by atoms with van der Waals surface area (Å²) < 4.78 is 0. The molecular formula is C13H20N2O3. The number of urea groups is 1. The van der Waals surface area contributed by atoms with Gasteiger partial charge in [0.05, 0.1) is 5.92 Å². The van der Waals surface area contributed by atoms with E-state index in [2.05, 4.69) is 11.2 Å². The number of carbonyl (C=O) groups excluding carboxylic acids is 1. The third-order valence-electron chi connectivity index (χ3n) is 3.48. The van der Waals surface area contributed by atoms with Gasteiger partial charge in [0.25, 0.3) is 0 Å². The smallest absolute Gasteiger partial charge is 0.317 e. The van der Waals surface area contributed by atoms with E-state index in [0.717, 1.165) is 6.42 Å². The molecule has 0 bridgehead atoms. The van der Waals surface area contributed by atoms with Crippen molar-refractivity contribution in [2.45, 2.75) is 32.7 Å². The van der Waals surface area contributed by atoms with Crippen LogP contribution in [0, 0.1) is 24.2 Å². The van der Waals surface area contributed by atoms with Crippen molar-refractivity contribution in [1.82, 2.24) is 10.2 Å². The molecule has 0 aromatic carbocycles. The Hall–Kier alpha value is -1.70. The SMILES string of the molecule is C#CCC(CC)NC(=O)N1CC(C(C)C(=O)O)C1. The minimum absolute atomic E-state index is 0.00144. The molecule has 0 saturated carbocycles. The molecule has 2 atom stereocenters. The minimum atomic E-state index is -0.807. The lowest BCUT2D eigenvalue weighted by Gasteiger charge is -2.41. The van der Waals surface area contributed by atoms with Gasteiger partial charge in [0.2, 0.25) is 0 Å². The summed E-state index contributed by atoms with van der Waals surface area (Å²) in [5, 5.41) is 11.7. The van der Waals surface area contributed by atoms with Gasteiger partial charge in [0.15, 0.2) is 0 Å². The Kier molecular flexibility index (Phi) is 5.02. The van der Waals surface area contributed by atoms with Crippen LogP contribution in [-0.2, 0) is 4.79 Å². The molecule has 1 aliphatic rings. The maximum absolute atomic E-state index is 11.8. The predicted molar refractivity (Wildman–Crippen MR) is 67.9 cm³/mol. The van der Waals surface area contributed by atoms with Gasteiger partial charge in [-0.2, -0.15) is 0 Å². The summed E-state index contributed by atoms with van der Waals surface area (Å²) in [6.45, 7) is 4.65. The maximum atomic E-state index is 11.8. The first kappa shape index (κ1) is 14.4. The molecule has 1 aliphatic heterocycles. The summed E-state index contributed by atoms with van der Waals surface area (Å²) in [6, 6.07) is -0.149. The molecule has 0 radical (unpaired) electrons. The molecule has 2 amide bonds. The number of likely N-dealkylation sites (tertiary alicyclic amines) is 1. The molecule has 0 aromatic rings. The zero-order valence-electron chi connectivity index (χ0n) is 10.8. The Morgan fingerprint density at radius 2 is 2.17 bits per heavy atom. The van der Waals surface area contributed by atoms with Gasteiger partial charge in [-0.3, -0.25) is 4.79 Å². The third-order valence-corrected chi connectivity index (χ3v) is 3.48. The molecule has 2 unspecified atom stereocenters. The summed E-state index contributed by atoms with van der Waals surface area (Å²) in [6.07, 6.45) is 6.53. The molecule has 0 spiro atoms. The summed E-state index contributed by atoms with van der Waals surface area (Å²) in [4.78, 5) is 24.2. The van der Waals surface area contributed by atoms with Crippen LogP contribution >= 0.6 is 0 Å². The van der Waals surface area contributed by atoms with Crippen molar-refractivity contribution < 1.29 is 14.7 Å². The number of rotatable bonds is 5. The second kappa shape index (κ2) is 6.29. The molecule has 0 aromatic heterocycles. The van der Waals surface area contributed by atoms with Gasteiger partial charge in [-0.05, 0) is 6.42 Å². The molecule has 0 aliphatic carbocycles. The van der Waals surface area contributed by atoms with E-state index < -0.39 is 11.9 Å². The minimum Gasteiger partial charge on any atom is -0.481 e. The highest BCUT2D eigenvalue weighted by Crippen LogP contribution is 2.24. The fourth-order valence-corrected chi connectivity index (χ4v) is 1.90. The number of carboxylic acids is 1. The molecule has 5 heteroatoms. The second-order valence-electron chi connectivity index (χ2n) is 4.75. The highest BCUT2D eigenvalue weighted by Gasteiger charge is 2.37. The van der Waals surface area contributed by atoms with Crippen LogP contribution in [0.3, 0.4) is 0 Å². The zero-order valence-corrected chi connectivity index (χ0v) is 10.8. The lowest BCUT2D eigenvalue weighted by Crippen LogP contribution is -2.57. The van der Waals surface area contributed by atoms with E-state index in [1.807, 2.05) is 6.92 Å². The van der Waals surface area contributed by atoms with Gasteiger partial charge in [-0.25, -0.2) is 4.79 Å². The average Bonchev–Trinajstić information content (AvgIpc) is 2.26. The number of hydrogen-bond acceptors (Lipinski definition) is 2. The molecular weight excluding hydrogens is 232 g/mol. The lowest BCUT2D eigenvalue weighted by molar-refractivity contribution is -0.144. The average molecular weight is 252 g/mol. The van der Waals surface area contributed by atoms with Crippen LogP contribution in [0.15, 0.2) is 0 Å². The highest BCUT2D eigenvalue weighted by atomic mass is 16.4. The number of hydrogen-bond donors (Lipinski definition) is 2. The van der Waals surface area contributed by atoms with Gasteiger partial charge < -0.3 is 15.3 Å². The van der Waals surface area contributed by atoms with Crippen LogP contribution < -0.4 is 5.32 Å². The first-order valence-corrected chi connectivity index (χ1v) is 6.21. The van der Waals surface area contributed by atoms with Crippen LogP contribution in [0.1, 0.15) is 26.7 Å². The Morgan fingerprint density at radius 3 is 2.61 bits per heavy atom. The molecule has 1 heterocycles. The summed E-state index contributed by atoms with van der Waals surface area (Å²) in [5.74, 6) is 1.38. The van der Waals surface area contributed by atoms with E-state index in [1.54, 1.807) is 11.8 Å². The molecule has 1 rings (SSSR count). The van der Waals surface area contributed by atoms with Crippen molar-refractivity contribution in [3.05, 3.63) is 0 Å². The van der Waals surface area contributed by atoms with Gasteiger partial charge in [0, 0.05) is 31.5 Å². The monoisotopic (exact) mass is 252 g/mol. The largest absolute Gasteiger partial charge is 0.481 e. The molecule has 1 fully saturated rings. The van der Waals surface area contributed by atoms with E-state index in [1.165, 1.54) is 0 Å². The normalized spacial score (nSPS) is 18.4. The van der Waals surface area contributed by atoms with Crippen molar-refractivity contribution >= 4 is 12.0 Å². The van der Waals surface area contributed by atoms with Gasteiger partial charge in [-0.15, -0.1) is 12.3 Å². The van der Waals surface area contributed by atoms with E-state index in [4.69, 9.17) is 11.5 Å². The standard InChI is InChI=1S/C13H20N2O3/c1-4-6-11(5-2)14-13(18)15-7-10(8-15)9(3)12(16)17/h1,9-11H,5-8H2,2-3H3,(H,14,18)(H,16,17). The Balaban J connectivity index is 2.35. The van der Waals surface area contributed by atoms with Crippen molar-refractivity contribution in [1.29, 1.82) is 0 Å². The number of nitrogens with zero attached hydrogens (tertiary/aromatic N) is 1. The maximum Gasteiger partial charge on any atom is 0.317 e. The first-order chi connectivity index (χ1) is 8.49. The van der Waals surface area contributed by atoms with Crippen molar-refractivity contribution in [3.8, 4) is 12.3 Å². The quantitative estimate of drug-likeness (QED) is 0.721. The summed E-state index contributed by atoms with van der Waals surface area (Å²) in [5.41, 5.74) is 0. The third kappa shape index (κ3) is 3.39. The van der Waals surface area contributed by atoms with Gasteiger partial charge in [0.1, 0.15) is 0 Å². The Morgan fingerprint density at radius 1 is 1.56 bits per heavy atom. The zero-order chi connectivity index (χ0) is 13.7. The van der Waals surface area contributed by atoms with Crippen LogP contribution in [0.4, 0.5) is 4.79 Å². The lowest BCUT2D eigenvalue weighted by atomic mass is 9.87. The molecule has 2 N–H and O–H groups in total. The van der Waals surface area contributed by atoms with Crippen LogP contribution in [0.25, 0.3) is 0 Å². The molecule has 18 heavy (non-hydrogen) atoms. The van der Waals surface area contributed by atoms with E-state index in [9.17, 15) is 9.59 Å². The van der Waals surface area contributed by atoms with E-state index in [-0.39, 0.29) is 18.0 Å². The Bertz CT molecular complexity index is 356. The summed E-state index contributed by atoms with van der Waals surface area (Å²) >= 11 is 0. The number of terminal acetylenes is 1. The topological polar surface area (TPSA) is 69.6 Å². The van der Waals surface area contributed by atoms with Gasteiger partial charge >= 0.3 is 12.0 Å². The van der Waals surface area contributed by atoms with E-state index in [0.29, 0.717) is 19.5 Å². The highest BCUT2D eigenvalue weighted by molar-refractivity contribution is 5.76. The van der Waals surface area contributed by atoms with E-state index >= 15 is 0 Å². The number of carbonyl (C=O) groups is 2. The predicted octanol–water partition coefficient (Wildman–Crippen LogP) is 1.15.